The zero-order chi connectivity index (χ0) is 18.6. The Morgan fingerprint density at radius 3 is 2.60 bits per heavy atom. The number of urea groups is 1. The molecule has 0 aliphatic rings. The molecule has 6 heteroatoms. The molecule has 2 rings (SSSR count). The molecule has 1 aromatic carbocycles. The van der Waals surface area contributed by atoms with Crippen LogP contribution < -0.4 is 10.6 Å². The Morgan fingerprint density at radius 1 is 1.36 bits per heavy atom. The largest absolute Gasteiger partial charge is 0.383 e. The third kappa shape index (κ3) is 4.82. The lowest BCUT2D eigenvalue weighted by Gasteiger charge is -2.27. The Morgan fingerprint density at radius 2 is 2.04 bits per heavy atom. The molecule has 1 heterocycles. The second-order valence-corrected chi connectivity index (χ2v) is 7.08. The number of hydrogen-bond donors (Lipinski definition) is 3. The lowest BCUT2D eigenvalue weighted by Crippen LogP contribution is -2.45. The smallest absolute Gasteiger partial charge is 0.315 e. The van der Waals surface area contributed by atoms with E-state index in [1.807, 2.05) is 31.2 Å². The summed E-state index contributed by atoms with van der Waals surface area (Å²) in [6, 6.07) is 7.64. The van der Waals surface area contributed by atoms with Crippen LogP contribution in [0.5, 0.6) is 0 Å². The van der Waals surface area contributed by atoms with Gasteiger partial charge >= 0.3 is 6.03 Å². The monoisotopic (exact) mass is 344 g/mol. The maximum atomic E-state index is 12.4. The van der Waals surface area contributed by atoms with Crippen molar-refractivity contribution in [2.24, 2.45) is 13.0 Å². The van der Waals surface area contributed by atoms with Gasteiger partial charge in [-0.15, -0.1) is 0 Å². The van der Waals surface area contributed by atoms with E-state index in [2.05, 4.69) is 29.6 Å². The van der Waals surface area contributed by atoms with Crippen LogP contribution in [-0.2, 0) is 12.6 Å². The lowest BCUT2D eigenvalue weighted by molar-refractivity contribution is 0.0591. The van der Waals surface area contributed by atoms with Gasteiger partial charge in [-0.1, -0.05) is 38.1 Å². The lowest BCUT2D eigenvalue weighted by atomic mass is 9.93. The number of nitrogens with one attached hydrogen (secondary N) is 2. The highest BCUT2D eigenvalue weighted by atomic mass is 16.3. The van der Waals surface area contributed by atoms with E-state index >= 15 is 0 Å². The molecular formula is C19H28N4O2. The highest BCUT2D eigenvalue weighted by Gasteiger charge is 2.26. The summed E-state index contributed by atoms with van der Waals surface area (Å²) in [7, 11) is 1.79. The van der Waals surface area contributed by atoms with Crippen molar-refractivity contribution in [2.75, 3.05) is 6.54 Å². The topological polar surface area (TPSA) is 79.2 Å². The van der Waals surface area contributed by atoms with Crippen LogP contribution >= 0.6 is 0 Å². The minimum absolute atomic E-state index is 0.0930. The molecular weight excluding hydrogens is 316 g/mol. The first-order chi connectivity index (χ1) is 11.7. The molecule has 2 amide bonds. The van der Waals surface area contributed by atoms with Crippen molar-refractivity contribution in [3.05, 3.63) is 53.3 Å². The number of benzene rings is 1. The van der Waals surface area contributed by atoms with Crippen molar-refractivity contribution in [1.82, 2.24) is 20.4 Å². The summed E-state index contributed by atoms with van der Waals surface area (Å²) in [5, 5.41) is 20.4. The fraction of sp³-hybridized carbons (Fsp3) is 0.474. The summed E-state index contributed by atoms with van der Waals surface area (Å²) < 4.78 is 1.62. The van der Waals surface area contributed by atoms with Crippen molar-refractivity contribution in [1.29, 1.82) is 0 Å². The van der Waals surface area contributed by atoms with Crippen molar-refractivity contribution >= 4 is 6.03 Å². The summed E-state index contributed by atoms with van der Waals surface area (Å²) in [6.45, 7) is 7.94. The van der Waals surface area contributed by atoms with E-state index in [0.717, 1.165) is 11.1 Å². The molecule has 6 nitrogen and oxygen atoms in total. The number of aliphatic hydroxyl groups is 1. The molecule has 0 aliphatic carbocycles. The molecule has 0 bridgehead atoms. The fourth-order valence-electron chi connectivity index (χ4n) is 2.79. The van der Waals surface area contributed by atoms with E-state index in [9.17, 15) is 9.90 Å². The third-order valence-electron chi connectivity index (χ3n) is 4.40. The highest BCUT2D eigenvalue weighted by Crippen LogP contribution is 2.24. The second-order valence-electron chi connectivity index (χ2n) is 7.08. The maximum absolute atomic E-state index is 12.4. The number of aromatic nitrogens is 2. The Bertz CT molecular complexity index is 722. The Kier molecular flexibility index (Phi) is 5.85. The van der Waals surface area contributed by atoms with Crippen molar-refractivity contribution < 1.29 is 9.90 Å². The molecule has 25 heavy (non-hydrogen) atoms. The van der Waals surface area contributed by atoms with Gasteiger partial charge in [0.1, 0.15) is 5.60 Å². The van der Waals surface area contributed by atoms with Gasteiger partial charge in [-0.2, -0.15) is 5.10 Å². The predicted octanol–water partition coefficient (Wildman–Crippen LogP) is 2.63. The molecule has 1 aromatic heterocycles. The summed E-state index contributed by atoms with van der Waals surface area (Å²) in [5.74, 6) is 0.241. The van der Waals surface area contributed by atoms with Gasteiger partial charge in [0.15, 0.2) is 0 Å². The number of aryl methyl sites for hydroxylation is 2. The van der Waals surface area contributed by atoms with E-state index in [1.54, 1.807) is 31.0 Å². The third-order valence-corrected chi connectivity index (χ3v) is 4.40. The van der Waals surface area contributed by atoms with E-state index < -0.39 is 5.60 Å². The van der Waals surface area contributed by atoms with Gasteiger partial charge in [-0.05, 0) is 30.9 Å². The zero-order valence-corrected chi connectivity index (χ0v) is 15.6. The molecule has 136 valence electrons. The molecule has 2 aromatic rings. The van der Waals surface area contributed by atoms with Crippen molar-refractivity contribution in [3.63, 3.8) is 0 Å². The Balaban J connectivity index is 2.01. The van der Waals surface area contributed by atoms with Crippen LogP contribution in [0.3, 0.4) is 0 Å². The van der Waals surface area contributed by atoms with E-state index in [1.165, 1.54) is 0 Å². The Hall–Kier alpha value is -2.34. The van der Waals surface area contributed by atoms with Gasteiger partial charge in [-0.25, -0.2) is 4.79 Å². The van der Waals surface area contributed by atoms with E-state index in [0.29, 0.717) is 5.56 Å². The number of carbonyl (C=O) groups excluding carboxylic acids is 1. The van der Waals surface area contributed by atoms with Crippen molar-refractivity contribution in [2.45, 2.75) is 39.3 Å². The maximum Gasteiger partial charge on any atom is 0.315 e. The van der Waals surface area contributed by atoms with Crippen LogP contribution in [0.2, 0.25) is 0 Å². The average Bonchev–Trinajstić information content (AvgIpc) is 2.99. The van der Waals surface area contributed by atoms with E-state index in [-0.39, 0.29) is 24.5 Å². The molecule has 3 N–H and O–H groups in total. The predicted molar refractivity (Wildman–Crippen MR) is 98.1 cm³/mol. The fourth-order valence-corrected chi connectivity index (χ4v) is 2.79. The second kappa shape index (κ2) is 7.70. The standard InChI is InChI=1S/C19H28N4O2/c1-13(2)17(16-9-7-6-8-14(16)3)22-18(24)20-12-19(4,25)15-10-21-23(5)11-15/h6-11,13,17,25H,12H2,1-5H3,(H2,20,22,24)/t17-,19+/m1/s1. The van der Waals surface area contributed by atoms with Gasteiger partial charge in [0.25, 0.3) is 0 Å². The molecule has 0 fully saturated rings. The molecule has 0 spiro atoms. The molecule has 2 atom stereocenters. The summed E-state index contributed by atoms with van der Waals surface area (Å²) in [4.78, 5) is 12.4. The number of nitrogens with zero attached hydrogens (tertiary/aromatic N) is 2. The average molecular weight is 344 g/mol. The zero-order valence-electron chi connectivity index (χ0n) is 15.6. The van der Waals surface area contributed by atoms with Gasteiger partial charge in [0, 0.05) is 18.8 Å². The van der Waals surface area contributed by atoms with Crippen LogP contribution in [0.1, 0.15) is 43.5 Å². The quantitative estimate of drug-likeness (QED) is 0.754. The minimum Gasteiger partial charge on any atom is -0.383 e. The van der Waals surface area contributed by atoms with Crippen LogP contribution in [0.15, 0.2) is 36.7 Å². The first kappa shape index (κ1) is 19.0. The molecule has 0 unspecified atom stereocenters. The van der Waals surface area contributed by atoms with Gasteiger partial charge in [-0.3, -0.25) is 4.68 Å². The number of rotatable bonds is 6. The molecule has 0 saturated carbocycles. The normalized spacial score (nSPS) is 14.8. The van der Waals surface area contributed by atoms with Gasteiger partial charge < -0.3 is 15.7 Å². The first-order valence-corrected chi connectivity index (χ1v) is 8.52. The summed E-state index contributed by atoms with van der Waals surface area (Å²) >= 11 is 0. The SMILES string of the molecule is Cc1ccccc1[C@H](NC(=O)NC[C@](C)(O)c1cnn(C)c1)C(C)C. The summed E-state index contributed by atoms with van der Waals surface area (Å²) in [6.07, 6.45) is 3.34. The van der Waals surface area contributed by atoms with Crippen LogP contribution in [0.25, 0.3) is 0 Å². The number of amides is 2. The van der Waals surface area contributed by atoms with Crippen LogP contribution in [0, 0.1) is 12.8 Å². The molecule has 0 radical (unpaired) electrons. The highest BCUT2D eigenvalue weighted by molar-refractivity contribution is 5.74. The number of hydrogen-bond acceptors (Lipinski definition) is 3. The summed E-state index contributed by atoms with van der Waals surface area (Å²) in [5.41, 5.74) is 1.73. The van der Waals surface area contributed by atoms with E-state index in [4.69, 9.17) is 0 Å². The minimum atomic E-state index is -1.18. The van der Waals surface area contributed by atoms with Gasteiger partial charge in [0.2, 0.25) is 0 Å². The first-order valence-electron chi connectivity index (χ1n) is 8.52. The van der Waals surface area contributed by atoms with Crippen LogP contribution in [0.4, 0.5) is 4.79 Å². The Labute approximate surface area is 149 Å². The molecule has 0 aliphatic heterocycles. The van der Waals surface area contributed by atoms with Crippen LogP contribution in [-0.4, -0.2) is 27.5 Å². The number of carbonyl (C=O) groups is 1. The molecule has 0 saturated heterocycles. The van der Waals surface area contributed by atoms with Gasteiger partial charge in [0.05, 0.1) is 18.8 Å². The van der Waals surface area contributed by atoms with Crippen molar-refractivity contribution in [3.8, 4) is 0 Å².